The predicted molar refractivity (Wildman–Crippen MR) is 156 cm³/mol. The van der Waals surface area contributed by atoms with Crippen LogP contribution in [0.1, 0.15) is 44.9 Å². The Morgan fingerprint density at radius 2 is 1.85 bits per heavy atom. The first kappa shape index (κ1) is 31.1. The molecule has 0 unspecified atom stereocenters. The van der Waals surface area contributed by atoms with Crippen LogP contribution in [0.15, 0.2) is 52.8 Å². The molecule has 0 bridgehead atoms. The number of urea groups is 1. The second-order valence-electron chi connectivity index (χ2n) is 9.01. The van der Waals surface area contributed by atoms with E-state index in [9.17, 15) is 14.7 Å². The number of carbonyl (C=O) groups is 2. The van der Waals surface area contributed by atoms with Gasteiger partial charge in [-0.2, -0.15) is 5.10 Å². The SMILES string of the molecule is CCOc1cc([C@H]2NC(=O)NC(C)=C2C(=O)OC)ccc1OC[C@H](O)N/N=C\c1ccc(N(CC)CC)cc1OC. The lowest BCUT2D eigenvalue weighted by Gasteiger charge is -2.28. The van der Waals surface area contributed by atoms with Gasteiger partial charge in [0.05, 0.1) is 38.7 Å². The van der Waals surface area contributed by atoms with Crippen molar-refractivity contribution in [3.8, 4) is 17.2 Å². The third-order valence-electron chi connectivity index (χ3n) is 6.44. The molecule has 2 aromatic rings. The Morgan fingerprint density at radius 1 is 1.10 bits per heavy atom. The summed E-state index contributed by atoms with van der Waals surface area (Å²) in [6.45, 7) is 9.62. The summed E-state index contributed by atoms with van der Waals surface area (Å²) >= 11 is 0. The van der Waals surface area contributed by atoms with Gasteiger partial charge in [0.15, 0.2) is 17.7 Å². The molecule has 2 aromatic carbocycles. The Morgan fingerprint density at radius 3 is 2.51 bits per heavy atom. The molecule has 0 saturated heterocycles. The minimum Gasteiger partial charge on any atom is -0.496 e. The fraction of sp³-hybridized carbons (Fsp3) is 0.414. The van der Waals surface area contributed by atoms with E-state index in [4.69, 9.17) is 18.9 Å². The van der Waals surface area contributed by atoms with E-state index in [1.807, 2.05) is 25.1 Å². The smallest absolute Gasteiger partial charge is 0.337 e. The molecule has 0 radical (unpaired) electrons. The predicted octanol–water partition coefficient (Wildman–Crippen LogP) is 3.06. The number of methoxy groups -OCH3 is 2. The molecule has 4 N–H and O–H groups in total. The van der Waals surface area contributed by atoms with Crippen molar-refractivity contribution in [2.24, 2.45) is 5.10 Å². The number of hydrogen-bond acceptors (Lipinski definition) is 10. The molecule has 0 spiro atoms. The van der Waals surface area contributed by atoms with Crippen molar-refractivity contribution >= 4 is 23.9 Å². The first-order chi connectivity index (χ1) is 19.8. The lowest BCUT2D eigenvalue weighted by molar-refractivity contribution is -0.136. The second-order valence-corrected chi connectivity index (χ2v) is 9.01. The zero-order chi connectivity index (χ0) is 29.9. The number of anilines is 1. The minimum absolute atomic E-state index is 0.134. The van der Waals surface area contributed by atoms with E-state index in [1.54, 1.807) is 38.4 Å². The number of aliphatic hydroxyl groups is 1. The van der Waals surface area contributed by atoms with Crippen LogP contribution in [0, 0.1) is 0 Å². The van der Waals surface area contributed by atoms with E-state index in [-0.39, 0.29) is 12.2 Å². The highest BCUT2D eigenvalue weighted by Crippen LogP contribution is 2.35. The van der Waals surface area contributed by atoms with E-state index < -0.39 is 24.3 Å². The molecule has 3 rings (SSSR count). The van der Waals surface area contributed by atoms with Crippen molar-refractivity contribution in [3.05, 3.63) is 58.8 Å². The van der Waals surface area contributed by atoms with Crippen LogP contribution in [0.4, 0.5) is 10.5 Å². The number of nitrogens with zero attached hydrogens (tertiary/aromatic N) is 2. The summed E-state index contributed by atoms with van der Waals surface area (Å²) in [5, 5.41) is 19.9. The Labute approximate surface area is 240 Å². The number of allylic oxidation sites excluding steroid dienone is 1. The summed E-state index contributed by atoms with van der Waals surface area (Å²) in [4.78, 5) is 26.8. The van der Waals surface area contributed by atoms with Crippen LogP contribution in [0.25, 0.3) is 0 Å². The average Bonchev–Trinajstić information content (AvgIpc) is 2.97. The number of carbonyl (C=O) groups excluding carboxylic acids is 2. The summed E-state index contributed by atoms with van der Waals surface area (Å²) in [6.07, 6.45) is 0.442. The molecule has 0 aromatic heterocycles. The summed E-state index contributed by atoms with van der Waals surface area (Å²) < 4.78 is 22.0. The van der Waals surface area contributed by atoms with Gasteiger partial charge in [0.25, 0.3) is 0 Å². The molecule has 0 saturated carbocycles. The van der Waals surface area contributed by atoms with E-state index in [2.05, 4.69) is 39.9 Å². The van der Waals surface area contributed by atoms with Gasteiger partial charge in [-0.25, -0.2) is 9.59 Å². The quantitative estimate of drug-likeness (QED) is 0.117. The first-order valence-corrected chi connectivity index (χ1v) is 13.4. The third-order valence-corrected chi connectivity index (χ3v) is 6.44. The molecule has 0 fully saturated rings. The van der Waals surface area contributed by atoms with Crippen LogP contribution in [0.2, 0.25) is 0 Å². The Balaban J connectivity index is 1.69. The monoisotopic (exact) mass is 569 g/mol. The normalized spacial score (nSPS) is 15.6. The van der Waals surface area contributed by atoms with Crippen LogP contribution in [0.3, 0.4) is 0 Å². The molecule has 41 heavy (non-hydrogen) atoms. The summed E-state index contributed by atoms with van der Waals surface area (Å²) in [7, 11) is 2.88. The number of aliphatic hydroxyl groups excluding tert-OH is 1. The standard InChI is InChI=1S/C29H39N5O7/c1-7-34(8-2)21-12-10-20(23(15-21)38-5)16-30-33-25(35)17-41-22-13-11-19(14-24(22)40-9-3)27-26(28(36)39-6)18(4)31-29(37)32-27/h10-16,25,27,33,35H,7-9,17H2,1-6H3,(H2,31,32,37)/b30-16-/t25-,27+/m0/s1. The van der Waals surface area contributed by atoms with Crippen molar-refractivity contribution in [2.45, 2.75) is 40.0 Å². The molecule has 12 heteroatoms. The van der Waals surface area contributed by atoms with Crippen molar-refractivity contribution in [3.63, 3.8) is 0 Å². The van der Waals surface area contributed by atoms with Crippen LogP contribution < -0.4 is 35.2 Å². The van der Waals surface area contributed by atoms with Gasteiger partial charge >= 0.3 is 12.0 Å². The molecular weight excluding hydrogens is 530 g/mol. The minimum atomic E-state index is -1.12. The largest absolute Gasteiger partial charge is 0.496 e. The number of amides is 2. The zero-order valence-electron chi connectivity index (χ0n) is 24.3. The highest BCUT2D eigenvalue weighted by molar-refractivity contribution is 5.95. The van der Waals surface area contributed by atoms with Crippen molar-refractivity contribution in [1.82, 2.24) is 16.1 Å². The Bertz CT molecular complexity index is 1280. The van der Waals surface area contributed by atoms with E-state index in [0.29, 0.717) is 35.1 Å². The van der Waals surface area contributed by atoms with E-state index in [0.717, 1.165) is 24.3 Å². The maximum Gasteiger partial charge on any atom is 0.337 e. The molecule has 222 valence electrons. The summed E-state index contributed by atoms with van der Waals surface area (Å²) in [6, 6.07) is 9.70. The number of esters is 1. The number of nitrogens with one attached hydrogen (secondary N) is 3. The van der Waals surface area contributed by atoms with Gasteiger partial charge in [0.1, 0.15) is 12.4 Å². The van der Waals surface area contributed by atoms with Gasteiger partial charge in [-0.05, 0) is 57.5 Å². The second kappa shape index (κ2) is 14.8. The van der Waals surface area contributed by atoms with Crippen LogP contribution in [-0.4, -0.2) is 70.1 Å². The van der Waals surface area contributed by atoms with Crippen molar-refractivity contribution < 1.29 is 33.6 Å². The van der Waals surface area contributed by atoms with Gasteiger partial charge < -0.3 is 39.6 Å². The highest BCUT2D eigenvalue weighted by atomic mass is 16.5. The van der Waals surface area contributed by atoms with Crippen molar-refractivity contribution in [2.75, 3.05) is 45.4 Å². The first-order valence-electron chi connectivity index (χ1n) is 13.4. The molecule has 12 nitrogen and oxygen atoms in total. The number of hydrogen-bond donors (Lipinski definition) is 4. The van der Waals surface area contributed by atoms with Gasteiger partial charge in [-0.15, -0.1) is 0 Å². The molecule has 1 aliphatic rings. The van der Waals surface area contributed by atoms with Crippen LogP contribution >= 0.6 is 0 Å². The average molecular weight is 570 g/mol. The van der Waals surface area contributed by atoms with Gasteiger partial charge in [-0.3, -0.25) is 5.43 Å². The number of hydrazone groups is 1. The summed E-state index contributed by atoms with van der Waals surface area (Å²) in [5.74, 6) is 0.853. The third kappa shape index (κ3) is 7.82. The van der Waals surface area contributed by atoms with Crippen molar-refractivity contribution in [1.29, 1.82) is 0 Å². The van der Waals surface area contributed by atoms with Crippen LogP contribution in [-0.2, 0) is 9.53 Å². The topological polar surface area (TPSA) is 143 Å². The van der Waals surface area contributed by atoms with Crippen LogP contribution in [0.5, 0.6) is 17.2 Å². The zero-order valence-corrected chi connectivity index (χ0v) is 24.3. The fourth-order valence-electron chi connectivity index (χ4n) is 4.41. The fourth-order valence-corrected chi connectivity index (χ4v) is 4.41. The number of ether oxygens (including phenoxy) is 4. The lowest BCUT2D eigenvalue weighted by Crippen LogP contribution is -2.45. The maximum absolute atomic E-state index is 12.4. The molecule has 2 amide bonds. The summed E-state index contributed by atoms with van der Waals surface area (Å²) in [5.41, 5.74) is 5.72. The molecule has 1 aliphatic heterocycles. The maximum atomic E-state index is 12.4. The van der Waals surface area contributed by atoms with E-state index in [1.165, 1.54) is 7.11 Å². The lowest BCUT2D eigenvalue weighted by atomic mass is 9.95. The van der Waals surface area contributed by atoms with E-state index >= 15 is 0 Å². The molecule has 2 atom stereocenters. The number of benzene rings is 2. The Kier molecular flexibility index (Phi) is 11.2. The Hall–Kier alpha value is -4.45. The van der Waals surface area contributed by atoms with Gasteiger partial charge in [0, 0.05) is 36.1 Å². The van der Waals surface area contributed by atoms with Gasteiger partial charge in [0.2, 0.25) is 0 Å². The molecule has 0 aliphatic carbocycles. The highest BCUT2D eigenvalue weighted by Gasteiger charge is 2.32. The molecular formula is C29H39N5O7. The molecule has 1 heterocycles. The van der Waals surface area contributed by atoms with Gasteiger partial charge in [-0.1, -0.05) is 6.07 Å². The number of rotatable bonds is 14.